The second-order valence-corrected chi connectivity index (χ2v) is 7.70. The number of carboxylic acids is 1. The predicted molar refractivity (Wildman–Crippen MR) is 134 cm³/mol. The molecule has 0 aliphatic heterocycles. The summed E-state index contributed by atoms with van der Waals surface area (Å²) in [5.41, 5.74) is 18.3. The van der Waals surface area contributed by atoms with Gasteiger partial charge < -0.3 is 52.9 Å². The first-order valence-corrected chi connectivity index (χ1v) is 10.9. The number of aromatic hydroxyl groups is 6. The van der Waals surface area contributed by atoms with Crippen LogP contribution in [0.4, 0.5) is 0 Å². The Morgan fingerprint density at radius 2 is 0.944 bits per heavy atom. The second kappa shape index (κ2) is 14.9. The van der Waals surface area contributed by atoms with Crippen molar-refractivity contribution < 1.29 is 40.5 Å². The maximum Gasteiger partial charge on any atom is 0.320 e. The molecule has 0 aromatic heterocycles. The molecule has 13 N–H and O–H groups in total. The van der Waals surface area contributed by atoms with E-state index >= 15 is 0 Å². The highest BCUT2D eigenvalue weighted by Gasteiger charge is 2.12. The second-order valence-electron chi connectivity index (χ2n) is 7.70. The summed E-state index contributed by atoms with van der Waals surface area (Å²) in [5.74, 6) is -1.97. The number of benzene rings is 3. The maximum atomic E-state index is 10.4. The zero-order chi connectivity index (χ0) is 27.3. The fourth-order valence-corrected chi connectivity index (χ4v) is 2.82. The molecule has 0 bridgehead atoms. The zero-order valence-corrected chi connectivity index (χ0v) is 19.6. The van der Waals surface area contributed by atoms with Crippen molar-refractivity contribution in [3.63, 3.8) is 0 Å². The van der Waals surface area contributed by atoms with Crippen LogP contribution in [-0.2, 0) is 24.1 Å². The van der Waals surface area contributed by atoms with E-state index in [1.54, 1.807) is 12.1 Å². The third kappa shape index (κ3) is 10.4. The van der Waals surface area contributed by atoms with Gasteiger partial charge in [-0.15, -0.1) is 0 Å². The topological polar surface area (TPSA) is 237 Å². The summed E-state index contributed by atoms with van der Waals surface area (Å²) in [6.45, 7) is 1.09. The molecule has 0 spiro atoms. The predicted octanol–water partition coefficient (Wildman–Crippen LogP) is 1.25. The molecule has 3 aromatic rings. The Morgan fingerprint density at radius 3 is 1.25 bits per heavy atom. The number of aliphatic carboxylic acids is 1. The summed E-state index contributed by atoms with van der Waals surface area (Å²) in [4.78, 5) is 10.4. The molecule has 0 amide bonds. The van der Waals surface area contributed by atoms with Crippen molar-refractivity contribution in [3.8, 4) is 34.5 Å². The van der Waals surface area contributed by atoms with Crippen LogP contribution in [0, 0.1) is 0 Å². The van der Waals surface area contributed by atoms with E-state index in [1.165, 1.54) is 42.5 Å². The number of hydrogen-bond acceptors (Lipinski definition) is 10. The molecular formula is C25H33N3O8. The Bertz CT molecular complexity index is 1070. The number of phenolic OH excluding ortho intramolecular Hbond substituents is 6. The Hall–Kier alpha value is -4.19. The van der Waals surface area contributed by atoms with Gasteiger partial charge in [-0.2, -0.15) is 0 Å². The summed E-state index contributed by atoms with van der Waals surface area (Å²) in [5, 5.41) is 62.6. The Labute approximate surface area is 208 Å². The molecule has 11 nitrogen and oxygen atoms in total. The van der Waals surface area contributed by atoms with E-state index in [0.29, 0.717) is 31.5 Å². The summed E-state index contributed by atoms with van der Waals surface area (Å²) >= 11 is 0. The lowest BCUT2D eigenvalue weighted by molar-refractivity contribution is -0.138. The molecule has 1 unspecified atom stereocenters. The van der Waals surface area contributed by atoms with Crippen LogP contribution in [-0.4, -0.2) is 60.8 Å². The molecule has 0 heterocycles. The van der Waals surface area contributed by atoms with Crippen LogP contribution in [0.5, 0.6) is 34.5 Å². The van der Waals surface area contributed by atoms with Gasteiger partial charge in [0.2, 0.25) is 0 Å². The van der Waals surface area contributed by atoms with Crippen LogP contribution < -0.4 is 17.2 Å². The molecule has 0 fully saturated rings. The maximum absolute atomic E-state index is 10.4. The van der Waals surface area contributed by atoms with E-state index in [1.807, 2.05) is 0 Å². The molecule has 0 aliphatic rings. The number of hydrogen-bond donors (Lipinski definition) is 10. The highest BCUT2D eigenvalue weighted by molar-refractivity contribution is 5.73. The molecule has 3 aromatic carbocycles. The fraction of sp³-hybridized carbons (Fsp3) is 0.240. The molecule has 3 rings (SSSR count). The molecule has 36 heavy (non-hydrogen) atoms. The molecular weight excluding hydrogens is 470 g/mol. The average molecular weight is 504 g/mol. The number of phenols is 6. The van der Waals surface area contributed by atoms with Crippen LogP contribution in [0.1, 0.15) is 16.7 Å². The molecule has 1 atom stereocenters. The minimum atomic E-state index is -1.10. The molecule has 0 saturated carbocycles. The van der Waals surface area contributed by atoms with Gasteiger partial charge in [-0.25, -0.2) is 0 Å². The smallest absolute Gasteiger partial charge is 0.320 e. The number of rotatable bonds is 7. The van der Waals surface area contributed by atoms with E-state index in [2.05, 4.69) is 0 Å². The van der Waals surface area contributed by atoms with Crippen molar-refractivity contribution in [2.75, 3.05) is 13.1 Å². The van der Waals surface area contributed by atoms with E-state index in [4.69, 9.17) is 52.9 Å². The molecule has 196 valence electrons. The summed E-state index contributed by atoms with van der Waals surface area (Å²) in [7, 11) is 0. The largest absolute Gasteiger partial charge is 0.504 e. The Morgan fingerprint density at radius 1 is 0.611 bits per heavy atom. The van der Waals surface area contributed by atoms with Gasteiger partial charge in [-0.3, -0.25) is 4.79 Å². The summed E-state index contributed by atoms with van der Waals surface area (Å²) < 4.78 is 0. The van der Waals surface area contributed by atoms with E-state index < -0.39 is 12.0 Å². The van der Waals surface area contributed by atoms with Gasteiger partial charge in [0.15, 0.2) is 34.5 Å². The summed E-state index contributed by atoms with van der Waals surface area (Å²) in [6.07, 6.45) is 1.55. The van der Waals surface area contributed by atoms with Crippen molar-refractivity contribution in [2.24, 2.45) is 17.2 Å². The number of nitrogens with two attached hydrogens (primary N) is 3. The molecule has 11 heteroatoms. The highest BCUT2D eigenvalue weighted by atomic mass is 16.4. The van der Waals surface area contributed by atoms with Gasteiger partial charge in [0, 0.05) is 0 Å². The Balaban J connectivity index is 0.000000273. The molecule has 0 saturated heterocycles. The van der Waals surface area contributed by atoms with Crippen LogP contribution in [0.15, 0.2) is 54.6 Å². The lowest BCUT2D eigenvalue weighted by Gasteiger charge is -2.06. The average Bonchev–Trinajstić information content (AvgIpc) is 2.82. The first kappa shape index (κ1) is 29.8. The van der Waals surface area contributed by atoms with Gasteiger partial charge in [0.1, 0.15) is 6.04 Å². The van der Waals surface area contributed by atoms with Gasteiger partial charge >= 0.3 is 5.97 Å². The van der Waals surface area contributed by atoms with Gasteiger partial charge in [0.25, 0.3) is 0 Å². The van der Waals surface area contributed by atoms with Crippen molar-refractivity contribution in [3.05, 3.63) is 71.3 Å². The van der Waals surface area contributed by atoms with Crippen LogP contribution in [0.25, 0.3) is 0 Å². The Kier molecular flexibility index (Phi) is 12.4. The minimum Gasteiger partial charge on any atom is -0.504 e. The minimum absolute atomic E-state index is 0.0871. The standard InChI is InChI=1S/C9H11NO4.2C8H11NO2/c10-6(9(13)14)3-5-1-2-7(11)8(12)4-5;2*9-4-3-6-1-2-7(10)8(11)5-6/h1-2,4,6,11-12H,3,10H2,(H,13,14);2*1-2,5,10-11H,3-4,9H2. The van der Waals surface area contributed by atoms with Crippen molar-refractivity contribution in [1.82, 2.24) is 0 Å². The van der Waals surface area contributed by atoms with Gasteiger partial charge in [-0.05, 0) is 85.4 Å². The van der Waals surface area contributed by atoms with Crippen molar-refractivity contribution >= 4 is 5.97 Å². The lowest BCUT2D eigenvalue weighted by Crippen LogP contribution is -2.32. The first-order valence-electron chi connectivity index (χ1n) is 10.9. The number of carbonyl (C=O) groups is 1. The van der Waals surface area contributed by atoms with Crippen LogP contribution in [0.3, 0.4) is 0 Å². The monoisotopic (exact) mass is 503 g/mol. The van der Waals surface area contributed by atoms with Crippen molar-refractivity contribution in [1.29, 1.82) is 0 Å². The zero-order valence-electron chi connectivity index (χ0n) is 19.6. The molecule has 0 radical (unpaired) electrons. The van der Waals surface area contributed by atoms with Crippen molar-refractivity contribution in [2.45, 2.75) is 25.3 Å². The van der Waals surface area contributed by atoms with Crippen LogP contribution in [0.2, 0.25) is 0 Å². The van der Waals surface area contributed by atoms with E-state index in [0.717, 1.165) is 11.1 Å². The highest BCUT2D eigenvalue weighted by Crippen LogP contribution is 2.26. The SMILES string of the molecule is NC(Cc1ccc(O)c(O)c1)C(=O)O.NCCc1ccc(O)c(O)c1.NCCc1ccc(O)c(O)c1. The number of carboxylic acid groups (broad SMARTS) is 1. The normalized spacial score (nSPS) is 10.9. The van der Waals surface area contributed by atoms with E-state index in [-0.39, 0.29) is 40.9 Å². The fourth-order valence-electron chi connectivity index (χ4n) is 2.82. The first-order chi connectivity index (χ1) is 17.0. The summed E-state index contributed by atoms with van der Waals surface area (Å²) in [6, 6.07) is 12.5. The molecule has 0 aliphatic carbocycles. The lowest BCUT2D eigenvalue weighted by atomic mass is 10.1. The quantitative estimate of drug-likeness (QED) is 0.206. The third-order valence-electron chi connectivity index (χ3n) is 4.76. The van der Waals surface area contributed by atoms with Crippen LogP contribution >= 0.6 is 0 Å². The van der Waals surface area contributed by atoms with Gasteiger partial charge in [0.05, 0.1) is 0 Å². The third-order valence-corrected chi connectivity index (χ3v) is 4.76. The van der Waals surface area contributed by atoms with E-state index in [9.17, 15) is 4.79 Å². The van der Waals surface area contributed by atoms with Gasteiger partial charge in [-0.1, -0.05) is 18.2 Å².